The summed E-state index contributed by atoms with van der Waals surface area (Å²) in [7, 11) is 0. The van der Waals surface area contributed by atoms with Crippen LogP contribution in [0.25, 0.3) is 0 Å². The molecule has 1 aromatic carbocycles. The van der Waals surface area contributed by atoms with Crippen molar-refractivity contribution in [2.45, 2.75) is 26.3 Å². The van der Waals surface area contributed by atoms with Crippen molar-refractivity contribution in [3.63, 3.8) is 0 Å². The molecular formula is C12H16N2O. The second-order valence-corrected chi connectivity index (χ2v) is 4.78. The van der Waals surface area contributed by atoms with Gasteiger partial charge in [-0.1, -0.05) is 12.1 Å². The summed E-state index contributed by atoms with van der Waals surface area (Å²) in [6, 6.07) is 7.72. The third kappa shape index (κ3) is 1.75. The van der Waals surface area contributed by atoms with E-state index in [0.29, 0.717) is 6.54 Å². The fraction of sp³-hybridized carbons (Fsp3) is 0.417. The van der Waals surface area contributed by atoms with Crippen molar-refractivity contribution in [3.8, 4) is 0 Å². The SMILES string of the molecule is CC(C)(C)N1NCC(=O)c2ccccc21. The van der Waals surface area contributed by atoms with Crippen LogP contribution >= 0.6 is 0 Å². The molecule has 0 radical (unpaired) electrons. The zero-order chi connectivity index (χ0) is 11.1. The van der Waals surface area contributed by atoms with Gasteiger partial charge in [-0.05, 0) is 32.9 Å². The average molecular weight is 204 g/mol. The summed E-state index contributed by atoms with van der Waals surface area (Å²) >= 11 is 0. The Hall–Kier alpha value is -1.35. The van der Waals surface area contributed by atoms with Crippen LogP contribution < -0.4 is 10.4 Å². The number of para-hydroxylation sites is 1. The molecule has 0 bridgehead atoms. The Kier molecular flexibility index (Phi) is 2.27. The number of nitrogens with one attached hydrogen (secondary N) is 1. The number of ketones is 1. The summed E-state index contributed by atoms with van der Waals surface area (Å²) in [5.41, 5.74) is 4.90. The summed E-state index contributed by atoms with van der Waals surface area (Å²) in [5.74, 6) is 0.158. The minimum atomic E-state index is -0.0309. The highest BCUT2D eigenvalue weighted by Gasteiger charge is 2.29. The van der Waals surface area contributed by atoms with Gasteiger partial charge >= 0.3 is 0 Å². The number of carbonyl (C=O) groups is 1. The van der Waals surface area contributed by atoms with Gasteiger partial charge in [-0.25, -0.2) is 5.43 Å². The number of benzene rings is 1. The van der Waals surface area contributed by atoms with E-state index in [1.807, 2.05) is 24.3 Å². The third-order valence-corrected chi connectivity index (χ3v) is 2.51. The molecule has 80 valence electrons. The van der Waals surface area contributed by atoms with Gasteiger partial charge in [0.25, 0.3) is 0 Å². The summed E-state index contributed by atoms with van der Waals surface area (Å²) < 4.78 is 0. The van der Waals surface area contributed by atoms with Gasteiger partial charge in [-0.3, -0.25) is 4.79 Å². The molecule has 0 fully saturated rings. The van der Waals surface area contributed by atoms with E-state index in [1.54, 1.807) is 0 Å². The van der Waals surface area contributed by atoms with Crippen LogP contribution in [-0.2, 0) is 0 Å². The van der Waals surface area contributed by atoms with E-state index in [0.717, 1.165) is 11.3 Å². The van der Waals surface area contributed by atoms with Gasteiger partial charge in [-0.15, -0.1) is 0 Å². The number of hydrazine groups is 1. The number of rotatable bonds is 0. The number of Topliss-reactive ketones (excluding diaryl/α,β-unsaturated/α-hetero) is 1. The topological polar surface area (TPSA) is 32.3 Å². The highest BCUT2D eigenvalue weighted by Crippen LogP contribution is 2.28. The smallest absolute Gasteiger partial charge is 0.180 e. The van der Waals surface area contributed by atoms with E-state index < -0.39 is 0 Å². The zero-order valence-electron chi connectivity index (χ0n) is 9.37. The molecule has 0 aromatic heterocycles. The quantitative estimate of drug-likeness (QED) is 0.701. The lowest BCUT2D eigenvalue weighted by Gasteiger charge is -2.41. The Bertz CT molecular complexity index is 393. The van der Waals surface area contributed by atoms with E-state index in [4.69, 9.17) is 0 Å². The van der Waals surface area contributed by atoms with Gasteiger partial charge < -0.3 is 5.01 Å². The van der Waals surface area contributed by atoms with Crippen molar-refractivity contribution in [2.75, 3.05) is 11.6 Å². The number of anilines is 1. The first kappa shape index (κ1) is 10.2. The minimum Gasteiger partial charge on any atom is -0.302 e. The maximum Gasteiger partial charge on any atom is 0.180 e. The second kappa shape index (κ2) is 3.35. The largest absolute Gasteiger partial charge is 0.302 e. The summed E-state index contributed by atoms with van der Waals surface area (Å²) in [5, 5.41) is 2.06. The highest BCUT2D eigenvalue weighted by atomic mass is 16.1. The Morgan fingerprint density at radius 3 is 2.60 bits per heavy atom. The lowest BCUT2D eigenvalue weighted by molar-refractivity contribution is 0.0980. The van der Waals surface area contributed by atoms with Crippen molar-refractivity contribution in [1.29, 1.82) is 0 Å². The van der Waals surface area contributed by atoms with Crippen molar-refractivity contribution < 1.29 is 4.79 Å². The zero-order valence-corrected chi connectivity index (χ0v) is 9.37. The molecule has 1 heterocycles. The molecule has 1 aromatic rings. The first-order chi connectivity index (χ1) is 7.00. The van der Waals surface area contributed by atoms with E-state index >= 15 is 0 Å². The molecule has 0 atom stereocenters. The molecule has 1 aliphatic heterocycles. The van der Waals surface area contributed by atoms with Crippen LogP contribution in [0.3, 0.4) is 0 Å². The molecule has 0 saturated heterocycles. The molecule has 0 saturated carbocycles. The molecule has 15 heavy (non-hydrogen) atoms. The molecule has 2 rings (SSSR count). The standard InChI is InChI=1S/C12H16N2O/c1-12(2,3)14-10-7-5-4-6-9(10)11(15)8-13-14/h4-7,13H,8H2,1-3H3. The van der Waals surface area contributed by atoms with Crippen LogP contribution in [0, 0.1) is 0 Å². The second-order valence-electron chi connectivity index (χ2n) is 4.78. The molecule has 3 nitrogen and oxygen atoms in total. The monoisotopic (exact) mass is 204 g/mol. The Morgan fingerprint density at radius 2 is 1.93 bits per heavy atom. The van der Waals surface area contributed by atoms with Crippen molar-refractivity contribution in [2.24, 2.45) is 0 Å². The van der Waals surface area contributed by atoms with Gasteiger partial charge in [0.1, 0.15) is 0 Å². The number of hydrogen-bond acceptors (Lipinski definition) is 3. The predicted molar refractivity (Wildman–Crippen MR) is 61.0 cm³/mol. The fourth-order valence-electron chi connectivity index (χ4n) is 1.83. The molecule has 0 unspecified atom stereocenters. The van der Waals surface area contributed by atoms with Crippen LogP contribution in [0.5, 0.6) is 0 Å². The maximum atomic E-state index is 11.7. The summed E-state index contributed by atoms with van der Waals surface area (Å²) in [4.78, 5) is 11.7. The van der Waals surface area contributed by atoms with Crippen LogP contribution in [0.2, 0.25) is 0 Å². The van der Waals surface area contributed by atoms with E-state index in [-0.39, 0.29) is 11.3 Å². The highest BCUT2D eigenvalue weighted by molar-refractivity contribution is 6.04. The predicted octanol–water partition coefficient (Wildman–Crippen LogP) is 1.99. The first-order valence-electron chi connectivity index (χ1n) is 5.16. The minimum absolute atomic E-state index is 0.0309. The molecule has 1 aliphatic rings. The summed E-state index contributed by atoms with van der Waals surface area (Å²) in [6.07, 6.45) is 0. The number of hydrogen-bond donors (Lipinski definition) is 1. The lowest BCUT2D eigenvalue weighted by atomic mass is 10.0. The molecule has 1 N–H and O–H groups in total. The Labute approximate surface area is 90.1 Å². The number of carbonyl (C=O) groups excluding carboxylic acids is 1. The van der Waals surface area contributed by atoms with E-state index in [2.05, 4.69) is 31.2 Å². The molecule has 0 amide bonds. The van der Waals surface area contributed by atoms with Gasteiger partial charge in [-0.2, -0.15) is 0 Å². The third-order valence-electron chi connectivity index (χ3n) is 2.51. The van der Waals surface area contributed by atoms with Gasteiger partial charge in [0, 0.05) is 11.1 Å². The maximum absolute atomic E-state index is 11.7. The van der Waals surface area contributed by atoms with Gasteiger partial charge in [0.15, 0.2) is 5.78 Å². The van der Waals surface area contributed by atoms with Crippen molar-refractivity contribution in [3.05, 3.63) is 29.8 Å². The normalized spacial score (nSPS) is 16.5. The van der Waals surface area contributed by atoms with Crippen LogP contribution in [0.15, 0.2) is 24.3 Å². The Balaban J connectivity index is 2.50. The number of nitrogens with zero attached hydrogens (tertiary/aromatic N) is 1. The van der Waals surface area contributed by atoms with Crippen molar-refractivity contribution >= 4 is 11.5 Å². The molecular weight excluding hydrogens is 188 g/mol. The lowest BCUT2D eigenvalue weighted by Crippen LogP contribution is -2.55. The van der Waals surface area contributed by atoms with Crippen LogP contribution in [-0.4, -0.2) is 17.9 Å². The van der Waals surface area contributed by atoms with Crippen LogP contribution in [0.1, 0.15) is 31.1 Å². The van der Waals surface area contributed by atoms with Crippen molar-refractivity contribution in [1.82, 2.24) is 5.43 Å². The first-order valence-corrected chi connectivity index (χ1v) is 5.16. The fourth-order valence-corrected chi connectivity index (χ4v) is 1.83. The summed E-state index contributed by atoms with van der Waals surface area (Å²) in [6.45, 7) is 6.74. The molecule has 0 aliphatic carbocycles. The molecule has 0 spiro atoms. The van der Waals surface area contributed by atoms with Gasteiger partial charge in [0.05, 0.1) is 12.2 Å². The van der Waals surface area contributed by atoms with Gasteiger partial charge in [0.2, 0.25) is 0 Å². The molecule has 3 heteroatoms. The van der Waals surface area contributed by atoms with Crippen LogP contribution in [0.4, 0.5) is 5.69 Å². The Morgan fingerprint density at radius 1 is 1.27 bits per heavy atom. The van der Waals surface area contributed by atoms with E-state index in [1.165, 1.54) is 0 Å². The van der Waals surface area contributed by atoms with E-state index in [9.17, 15) is 4.79 Å². The number of fused-ring (bicyclic) bond motifs is 1. The average Bonchev–Trinajstić information content (AvgIpc) is 2.17.